The first-order chi connectivity index (χ1) is 5.48. The van der Waals surface area contributed by atoms with Gasteiger partial charge in [-0.1, -0.05) is 74.3 Å². The molecule has 0 saturated carbocycles. The van der Waals surface area contributed by atoms with Gasteiger partial charge in [-0.2, -0.15) is 0 Å². The van der Waals surface area contributed by atoms with Crippen molar-refractivity contribution in [1.29, 1.82) is 0 Å². The number of hydrogen-bond acceptors (Lipinski definition) is 0. The van der Waals surface area contributed by atoms with Crippen molar-refractivity contribution in [2.24, 2.45) is 0 Å². The van der Waals surface area contributed by atoms with Crippen LogP contribution >= 0.6 is 34.8 Å². The number of halogens is 3. The first-order valence-corrected chi connectivity index (χ1v) is 5.51. The second-order valence-electron chi connectivity index (χ2n) is 3.09. The summed E-state index contributed by atoms with van der Waals surface area (Å²) in [6.07, 6.45) is 5.80. The molecule has 0 amide bonds. The second kappa shape index (κ2) is 6.34. The Kier molecular flexibility index (Phi) is 6.80. The highest BCUT2D eigenvalue weighted by atomic mass is 35.6. The normalized spacial score (nSPS) is 12.5. The average Bonchev–Trinajstić information content (AvgIpc) is 1.96. The highest BCUT2D eigenvalue weighted by Gasteiger charge is 2.28. The fourth-order valence-corrected chi connectivity index (χ4v) is 1.24. The largest absolute Gasteiger partial charge is 0.196 e. The molecule has 0 aliphatic rings. The van der Waals surface area contributed by atoms with Crippen LogP contribution in [0, 0.1) is 5.92 Å². The zero-order chi connectivity index (χ0) is 9.61. The third-order valence-corrected chi connectivity index (χ3v) is 2.86. The topological polar surface area (TPSA) is 0 Å². The van der Waals surface area contributed by atoms with Gasteiger partial charge in [-0.15, -0.1) is 0 Å². The molecule has 0 aliphatic heterocycles. The van der Waals surface area contributed by atoms with Gasteiger partial charge in [0.15, 0.2) is 3.79 Å². The molecule has 0 bridgehead atoms. The molecule has 73 valence electrons. The fourth-order valence-electron chi connectivity index (χ4n) is 0.959. The van der Waals surface area contributed by atoms with E-state index in [4.69, 9.17) is 34.8 Å². The van der Waals surface area contributed by atoms with Crippen LogP contribution in [0.15, 0.2) is 0 Å². The summed E-state index contributed by atoms with van der Waals surface area (Å²) in [7, 11) is 0. The van der Waals surface area contributed by atoms with Crippen LogP contribution in [0.4, 0.5) is 0 Å². The standard InChI is InChI=1S/C9H16Cl3/c1-3-4-5-6-7-8(2)9(10,11)12/h3-7H2,1-2H3. The highest BCUT2D eigenvalue weighted by molar-refractivity contribution is 6.69. The molecule has 0 atom stereocenters. The highest BCUT2D eigenvalue weighted by Crippen LogP contribution is 2.38. The monoisotopic (exact) mass is 229 g/mol. The molecule has 0 nitrogen and oxygen atoms in total. The molecule has 1 radical (unpaired) electrons. The van der Waals surface area contributed by atoms with E-state index in [9.17, 15) is 0 Å². The summed E-state index contributed by atoms with van der Waals surface area (Å²) < 4.78 is -1.16. The Morgan fingerprint density at radius 2 is 1.67 bits per heavy atom. The number of unbranched alkanes of at least 4 members (excludes halogenated alkanes) is 3. The van der Waals surface area contributed by atoms with Crippen molar-refractivity contribution >= 4 is 34.8 Å². The molecular formula is C9H16Cl3. The van der Waals surface area contributed by atoms with Crippen molar-refractivity contribution in [3.05, 3.63) is 5.92 Å². The van der Waals surface area contributed by atoms with Crippen LogP contribution in [0.1, 0.15) is 46.0 Å². The van der Waals surface area contributed by atoms with E-state index >= 15 is 0 Å². The Balaban J connectivity index is 3.38. The zero-order valence-corrected chi connectivity index (χ0v) is 9.94. The van der Waals surface area contributed by atoms with Gasteiger partial charge in [0.05, 0.1) is 0 Å². The third kappa shape index (κ3) is 6.39. The quantitative estimate of drug-likeness (QED) is 0.464. The van der Waals surface area contributed by atoms with Crippen LogP contribution < -0.4 is 0 Å². The lowest BCUT2D eigenvalue weighted by molar-refractivity contribution is 0.632. The minimum absolute atomic E-state index is 0.927. The van der Waals surface area contributed by atoms with Gasteiger partial charge in [0.2, 0.25) is 0 Å². The Bertz CT molecular complexity index is 107. The molecule has 0 rings (SSSR count). The molecular weight excluding hydrogens is 214 g/mol. The lowest BCUT2D eigenvalue weighted by atomic mass is 10.0. The first-order valence-electron chi connectivity index (χ1n) is 4.38. The number of hydrogen-bond donors (Lipinski definition) is 0. The smallest absolute Gasteiger partial charge is 0.0830 e. The molecule has 3 heteroatoms. The lowest BCUT2D eigenvalue weighted by Gasteiger charge is -2.18. The van der Waals surface area contributed by atoms with Crippen LogP contribution in [0.3, 0.4) is 0 Å². The zero-order valence-electron chi connectivity index (χ0n) is 7.67. The molecule has 0 fully saturated rings. The predicted octanol–water partition coefficient (Wildman–Crippen LogP) is 4.92. The molecule has 0 aromatic heterocycles. The van der Waals surface area contributed by atoms with Crippen molar-refractivity contribution in [3.8, 4) is 0 Å². The molecule has 0 aromatic carbocycles. The Hall–Kier alpha value is 0.870. The average molecular weight is 231 g/mol. The van der Waals surface area contributed by atoms with E-state index < -0.39 is 3.79 Å². The van der Waals surface area contributed by atoms with Crippen molar-refractivity contribution in [1.82, 2.24) is 0 Å². The number of rotatable bonds is 5. The SMILES string of the molecule is CCCCCC[C](C)C(Cl)(Cl)Cl. The van der Waals surface area contributed by atoms with E-state index in [1.165, 1.54) is 19.3 Å². The van der Waals surface area contributed by atoms with Gasteiger partial charge < -0.3 is 0 Å². The van der Waals surface area contributed by atoms with Crippen molar-refractivity contribution in [2.45, 2.75) is 49.7 Å². The molecule has 0 N–H and O–H groups in total. The van der Waals surface area contributed by atoms with Gasteiger partial charge in [-0.25, -0.2) is 0 Å². The van der Waals surface area contributed by atoms with Gasteiger partial charge in [-0.3, -0.25) is 0 Å². The molecule has 0 spiro atoms. The third-order valence-electron chi connectivity index (χ3n) is 1.89. The van der Waals surface area contributed by atoms with Gasteiger partial charge in [0.25, 0.3) is 0 Å². The summed E-state index contributed by atoms with van der Waals surface area (Å²) in [5.41, 5.74) is 0. The fraction of sp³-hybridized carbons (Fsp3) is 0.889. The summed E-state index contributed by atoms with van der Waals surface area (Å²) in [5, 5.41) is 0. The van der Waals surface area contributed by atoms with E-state index in [1.807, 2.05) is 6.92 Å². The van der Waals surface area contributed by atoms with Crippen LogP contribution in [0.5, 0.6) is 0 Å². The summed E-state index contributed by atoms with van der Waals surface area (Å²) in [4.78, 5) is 0. The first kappa shape index (κ1) is 12.9. The Labute approximate surface area is 90.6 Å². The van der Waals surface area contributed by atoms with Gasteiger partial charge >= 0.3 is 0 Å². The van der Waals surface area contributed by atoms with E-state index in [0.29, 0.717) is 0 Å². The Morgan fingerprint density at radius 1 is 1.08 bits per heavy atom. The second-order valence-corrected chi connectivity index (χ2v) is 5.37. The van der Waals surface area contributed by atoms with Crippen molar-refractivity contribution in [3.63, 3.8) is 0 Å². The molecule has 0 unspecified atom stereocenters. The molecule has 12 heavy (non-hydrogen) atoms. The molecule has 0 aliphatic carbocycles. The molecule has 0 aromatic rings. The van der Waals surface area contributed by atoms with Gasteiger partial charge in [0, 0.05) is 5.92 Å². The molecule has 0 saturated heterocycles. The van der Waals surface area contributed by atoms with E-state index in [0.717, 1.165) is 18.8 Å². The van der Waals surface area contributed by atoms with Gasteiger partial charge in [0.1, 0.15) is 0 Å². The van der Waals surface area contributed by atoms with E-state index in [2.05, 4.69) is 6.92 Å². The Morgan fingerprint density at radius 3 is 2.08 bits per heavy atom. The maximum absolute atomic E-state index is 5.69. The van der Waals surface area contributed by atoms with Crippen LogP contribution in [-0.2, 0) is 0 Å². The predicted molar refractivity (Wildman–Crippen MR) is 58.0 cm³/mol. The maximum Gasteiger partial charge on any atom is 0.196 e. The van der Waals surface area contributed by atoms with E-state index in [-0.39, 0.29) is 0 Å². The minimum Gasteiger partial charge on any atom is -0.0830 e. The minimum atomic E-state index is -1.16. The van der Waals surface area contributed by atoms with Crippen molar-refractivity contribution < 1.29 is 0 Å². The lowest BCUT2D eigenvalue weighted by Crippen LogP contribution is -2.12. The van der Waals surface area contributed by atoms with Crippen molar-refractivity contribution in [2.75, 3.05) is 0 Å². The summed E-state index contributed by atoms with van der Waals surface area (Å²) in [5.74, 6) is 0.948. The van der Waals surface area contributed by atoms with Gasteiger partial charge in [-0.05, 0) is 6.42 Å². The summed E-state index contributed by atoms with van der Waals surface area (Å²) in [6.45, 7) is 4.09. The van der Waals surface area contributed by atoms with Crippen LogP contribution in [0.2, 0.25) is 0 Å². The summed E-state index contributed by atoms with van der Waals surface area (Å²) >= 11 is 17.1. The van der Waals surface area contributed by atoms with Crippen LogP contribution in [0.25, 0.3) is 0 Å². The van der Waals surface area contributed by atoms with Crippen LogP contribution in [-0.4, -0.2) is 3.79 Å². The maximum atomic E-state index is 5.69. The molecule has 0 heterocycles. The van der Waals surface area contributed by atoms with E-state index in [1.54, 1.807) is 0 Å². The summed E-state index contributed by atoms with van der Waals surface area (Å²) in [6, 6.07) is 0. The number of alkyl halides is 3.